The van der Waals surface area contributed by atoms with Gasteiger partial charge < -0.3 is 58.9 Å². The van der Waals surface area contributed by atoms with Gasteiger partial charge in [-0.05, 0) is 82.1 Å². The summed E-state index contributed by atoms with van der Waals surface area (Å²) in [4.78, 5) is 101. The highest BCUT2D eigenvalue weighted by molar-refractivity contribution is 7.49. The highest BCUT2D eigenvalue weighted by Gasteiger charge is 2.54. The van der Waals surface area contributed by atoms with E-state index in [1.165, 1.54) is 198 Å². The Bertz CT molecular complexity index is 3000. The molecule has 22 heteroatoms. The van der Waals surface area contributed by atoms with Crippen LogP contribution in [0, 0.1) is 0 Å². The Labute approximate surface area is 771 Å². The SMILES string of the molecule is CCCCCCCCCCCCCC(=O)O[C@H](CCCCCCCCCCC)CC(=O)N[C@@H](COC1O[C@H](CO)[C@@H](OP(=O)(Oc2ccccc2)Oc2ccccc2)[C@H](OC(=O)C[C@@H](CCCCCCCCCCC)OC(=O)CCCCCCCCCCCCC)[C@H]1NC(=O)C[C@@H](CCCCCCCCCCC)OC(=O)CCCCCCCCCCCCC)C(N)=O. The van der Waals surface area contributed by atoms with E-state index in [4.69, 9.17) is 47.7 Å². The van der Waals surface area contributed by atoms with Crippen molar-refractivity contribution in [2.45, 2.75) is 540 Å². The third-order valence-electron chi connectivity index (χ3n) is 24.7. The van der Waals surface area contributed by atoms with Crippen LogP contribution in [0.25, 0.3) is 0 Å². The molecular weight excluding hydrogens is 1620 g/mol. The van der Waals surface area contributed by atoms with Crippen molar-refractivity contribution in [1.82, 2.24) is 10.6 Å². The van der Waals surface area contributed by atoms with E-state index in [1.807, 2.05) is 0 Å². The van der Waals surface area contributed by atoms with E-state index in [2.05, 4.69) is 52.2 Å². The summed E-state index contributed by atoms with van der Waals surface area (Å²) in [6.07, 6.45) is 55.3. The fourth-order valence-electron chi connectivity index (χ4n) is 16.9. The van der Waals surface area contributed by atoms with Gasteiger partial charge in [-0.3, -0.25) is 38.1 Å². The van der Waals surface area contributed by atoms with Crippen molar-refractivity contribution < 1.29 is 85.2 Å². The molecule has 0 aromatic heterocycles. The quantitative estimate of drug-likeness (QED) is 0.0207. The van der Waals surface area contributed by atoms with Crippen molar-refractivity contribution in [3.05, 3.63) is 60.7 Å². The maximum absolute atomic E-state index is 15.9. The van der Waals surface area contributed by atoms with E-state index in [9.17, 15) is 29.1 Å². The van der Waals surface area contributed by atoms with Gasteiger partial charge in [-0.25, -0.2) is 4.57 Å². The third kappa shape index (κ3) is 62.4. The first-order valence-electron chi connectivity index (χ1n) is 52.3. The van der Waals surface area contributed by atoms with Gasteiger partial charge in [-0.15, -0.1) is 0 Å². The van der Waals surface area contributed by atoms with Crippen LogP contribution >= 0.6 is 7.82 Å². The second kappa shape index (κ2) is 80.1. The number of hydrogen-bond donors (Lipinski definition) is 4. The number of aliphatic hydroxyl groups is 1. The molecule has 3 amide bonds. The number of benzene rings is 2. The van der Waals surface area contributed by atoms with Gasteiger partial charge in [0, 0.05) is 19.3 Å². The molecule has 1 unspecified atom stereocenters. The van der Waals surface area contributed by atoms with E-state index in [0.29, 0.717) is 57.8 Å². The molecule has 1 fully saturated rings. The normalized spacial score (nSPS) is 16.1. The Hall–Kier alpha value is -5.60. The van der Waals surface area contributed by atoms with Gasteiger partial charge in [-0.1, -0.05) is 425 Å². The summed E-state index contributed by atoms with van der Waals surface area (Å²) in [5.41, 5.74) is 6.19. The first kappa shape index (κ1) is 116. The Morgan fingerprint density at radius 1 is 0.370 bits per heavy atom. The number of rotatable bonds is 89. The number of esters is 4. The molecule has 0 spiro atoms. The molecule has 1 heterocycles. The molecule has 0 saturated carbocycles. The average molecular weight is 1810 g/mol. The lowest BCUT2D eigenvalue weighted by molar-refractivity contribution is -0.271. The predicted octanol–water partition coefficient (Wildman–Crippen LogP) is 27.5. The average Bonchev–Trinajstić information content (AvgIpc) is 0.771. The lowest BCUT2D eigenvalue weighted by Gasteiger charge is -2.45. The molecule has 3 rings (SSSR count). The number of aliphatic hydroxyl groups excluding tert-OH is 1. The summed E-state index contributed by atoms with van der Waals surface area (Å²) in [6.45, 7) is 11.6. The van der Waals surface area contributed by atoms with E-state index < -0.39 is 124 Å². The summed E-state index contributed by atoms with van der Waals surface area (Å²) in [7, 11) is -5.06. The second-order valence-electron chi connectivity index (χ2n) is 36.6. The van der Waals surface area contributed by atoms with Crippen molar-refractivity contribution in [2.24, 2.45) is 5.73 Å². The van der Waals surface area contributed by atoms with Crippen LogP contribution in [0.2, 0.25) is 0 Å². The van der Waals surface area contributed by atoms with Crippen LogP contribution in [-0.2, 0) is 71.1 Å². The highest BCUT2D eigenvalue weighted by atomic mass is 31.2. The van der Waals surface area contributed by atoms with Gasteiger partial charge in [0.15, 0.2) is 12.4 Å². The number of carbonyl (C=O) groups excluding carboxylic acids is 7. The number of ether oxygens (including phenoxy) is 6. The van der Waals surface area contributed by atoms with Crippen molar-refractivity contribution in [1.29, 1.82) is 0 Å². The molecule has 0 bridgehead atoms. The fourth-order valence-corrected chi connectivity index (χ4v) is 18.4. The molecule has 1 aliphatic rings. The Morgan fingerprint density at radius 3 is 0.953 bits per heavy atom. The van der Waals surface area contributed by atoms with Crippen molar-refractivity contribution in [3.8, 4) is 11.5 Å². The summed E-state index contributed by atoms with van der Waals surface area (Å²) < 4.78 is 73.6. The molecule has 0 radical (unpaired) electrons. The Kier molecular flexibility index (Phi) is 72.9. The number of primary amides is 1. The first-order chi connectivity index (χ1) is 62.0. The van der Waals surface area contributed by atoms with Crippen LogP contribution in [0.5, 0.6) is 11.5 Å². The fraction of sp³-hybridized carbons (Fsp3) is 0.819. The smallest absolute Gasteiger partial charge is 0.462 e. The number of nitrogens with one attached hydrogen (secondary N) is 2. The molecular formula is C105H184N3O18P. The number of nitrogens with two attached hydrogens (primary N) is 1. The number of carbonyl (C=O) groups is 7. The second-order valence-corrected chi connectivity index (χ2v) is 38.1. The van der Waals surface area contributed by atoms with E-state index in [0.717, 1.165) is 173 Å². The summed E-state index contributed by atoms with van der Waals surface area (Å²) in [6, 6.07) is 13.0. The standard InChI is InChI=1S/C105H184N3O18P/c1-7-13-19-25-31-37-40-46-52-58-70-80-97(112)119-90(77-63-55-49-43-34-28-22-16-10-4)83-95(110)107-93(104(106)116)87-118-105-101(108-96(111)84-91(78-64-56-50-44-35-29-23-17-11-5)120-98(113)81-71-59-53-47-41-38-32-26-20-14-8-2)103(102(94(86-109)122-105)126-127(117,124-88-73-66-61-67-74-88)125-89-75-68-62-69-76-89)123-100(115)85-92(79-65-57-51-45-36-30-24-18-12-6)121-99(114)82-72-60-54-48-42-39-33-27-21-15-9-3/h61-62,66-69,73-76,90-94,101-103,105,109H,7-60,63-65,70-72,77-87H2,1-6H3,(H2,106,116)(H,107,110)(H,108,111)/t90-,91-,92-,93+,94-,101-,102-,103-,105?/m1/s1. The van der Waals surface area contributed by atoms with Crippen molar-refractivity contribution >= 4 is 49.4 Å². The molecule has 2 aromatic carbocycles. The Balaban J connectivity index is 2.21. The summed E-state index contributed by atoms with van der Waals surface area (Å²) in [5.74, 6) is -4.50. The number of unbranched alkanes of at least 4 members (excludes halogenated alkanes) is 54. The van der Waals surface area contributed by atoms with Gasteiger partial charge >= 0.3 is 31.7 Å². The van der Waals surface area contributed by atoms with Crippen LogP contribution in [0.4, 0.5) is 0 Å². The van der Waals surface area contributed by atoms with Gasteiger partial charge in [0.2, 0.25) is 17.7 Å². The molecule has 21 nitrogen and oxygen atoms in total. The molecule has 0 aliphatic carbocycles. The van der Waals surface area contributed by atoms with Gasteiger partial charge in [-0.2, -0.15) is 0 Å². The van der Waals surface area contributed by atoms with Crippen LogP contribution in [0.3, 0.4) is 0 Å². The van der Waals surface area contributed by atoms with Crippen LogP contribution in [-0.4, -0.2) is 115 Å². The van der Waals surface area contributed by atoms with E-state index in [-0.39, 0.29) is 43.6 Å². The minimum atomic E-state index is -5.06. The first-order valence-corrected chi connectivity index (χ1v) is 53.8. The van der Waals surface area contributed by atoms with Crippen molar-refractivity contribution in [3.63, 3.8) is 0 Å². The Morgan fingerprint density at radius 2 is 0.654 bits per heavy atom. The molecule has 1 aliphatic heterocycles. The molecule has 732 valence electrons. The maximum Gasteiger partial charge on any atom is 0.588 e. The number of phosphoric acid groups is 1. The topological polar surface area (TPSA) is 290 Å². The monoisotopic (exact) mass is 1810 g/mol. The lowest BCUT2D eigenvalue weighted by Crippen LogP contribution is -2.67. The number of hydrogen-bond acceptors (Lipinski definition) is 18. The van der Waals surface area contributed by atoms with Gasteiger partial charge in [0.1, 0.15) is 54.1 Å². The van der Waals surface area contributed by atoms with Crippen LogP contribution < -0.4 is 25.4 Å². The lowest BCUT2D eigenvalue weighted by atomic mass is 9.95. The van der Waals surface area contributed by atoms with Crippen LogP contribution in [0.15, 0.2) is 60.7 Å². The molecule has 5 N–H and O–H groups in total. The number of amides is 3. The minimum absolute atomic E-state index is 0.0520. The predicted molar refractivity (Wildman–Crippen MR) is 514 cm³/mol. The van der Waals surface area contributed by atoms with E-state index in [1.54, 1.807) is 36.4 Å². The molecule has 2 aromatic rings. The number of para-hydroxylation sites is 2. The largest absolute Gasteiger partial charge is 0.588 e. The summed E-state index contributed by atoms with van der Waals surface area (Å²) >= 11 is 0. The maximum atomic E-state index is 15.9. The van der Waals surface area contributed by atoms with Gasteiger partial charge in [0.25, 0.3) is 0 Å². The minimum Gasteiger partial charge on any atom is -0.462 e. The third-order valence-corrected chi connectivity index (χ3v) is 26.0. The zero-order valence-corrected chi connectivity index (χ0v) is 82.0. The highest BCUT2D eigenvalue weighted by Crippen LogP contribution is 2.53. The molecule has 9 atom stereocenters. The van der Waals surface area contributed by atoms with Crippen molar-refractivity contribution in [2.75, 3.05) is 13.2 Å². The van der Waals surface area contributed by atoms with Gasteiger partial charge in [0.05, 0.1) is 32.5 Å². The summed E-state index contributed by atoms with van der Waals surface area (Å²) in [5, 5.41) is 17.5. The zero-order valence-electron chi connectivity index (χ0n) is 81.1. The van der Waals surface area contributed by atoms with Crippen LogP contribution in [0.1, 0.15) is 485 Å². The molecule has 1 saturated heterocycles. The molecule has 127 heavy (non-hydrogen) atoms. The van der Waals surface area contributed by atoms with E-state index >= 15 is 14.2 Å². The number of phosphoric ester groups is 1. The zero-order chi connectivity index (χ0) is 91.9.